The summed E-state index contributed by atoms with van der Waals surface area (Å²) in [5, 5.41) is 6.17. The topological polar surface area (TPSA) is 41.1 Å². The molecule has 0 aliphatic heterocycles. The Morgan fingerprint density at radius 3 is 2.42 bits per heavy atom. The third kappa shape index (κ3) is 7.78. The van der Waals surface area contributed by atoms with Crippen LogP contribution in [0.1, 0.15) is 58.8 Å². The van der Waals surface area contributed by atoms with Gasteiger partial charge in [0.25, 0.3) is 0 Å². The van der Waals surface area contributed by atoms with Gasteiger partial charge >= 0.3 is 0 Å². The summed E-state index contributed by atoms with van der Waals surface area (Å²) in [4.78, 5) is 11.8. The summed E-state index contributed by atoms with van der Waals surface area (Å²) in [6.07, 6.45) is 9.44. The quantitative estimate of drug-likeness (QED) is 0.756. The van der Waals surface area contributed by atoms with Gasteiger partial charge in [0.1, 0.15) is 0 Å². The summed E-state index contributed by atoms with van der Waals surface area (Å²) in [7, 11) is 1.89. The van der Waals surface area contributed by atoms with Gasteiger partial charge in [-0.3, -0.25) is 4.79 Å². The molecule has 19 heavy (non-hydrogen) atoms. The largest absolute Gasteiger partial charge is 0.353 e. The van der Waals surface area contributed by atoms with Crippen molar-refractivity contribution in [3.8, 4) is 0 Å². The van der Waals surface area contributed by atoms with Gasteiger partial charge < -0.3 is 10.6 Å². The molecule has 3 nitrogen and oxygen atoms in total. The van der Waals surface area contributed by atoms with Crippen LogP contribution in [0.15, 0.2) is 0 Å². The summed E-state index contributed by atoms with van der Waals surface area (Å²) < 4.78 is 0. The lowest BCUT2D eigenvalue weighted by Crippen LogP contribution is -2.39. The Kier molecular flexibility index (Phi) is 10.3. The standard InChI is InChI=1S/C15H30N2O.ClH/c1-12(11-16-3)15(18)17-13(2)9-10-14-7-5-4-6-8-14;/h12-14,16H,4-11H2,1-3H3,(H,17,18);1H. The molecule has 0 radical (unpaired) electrons. The first-order chi connectivity index (χ1) is 8.63. The molecule has 0 aromatic carbocycles. The lowest BCUT2D eigenvalue weighted by molar-refractivity contribution is -0.125. The van der Waals surface area contributed by atoms with Gasteiger partial charge in [-0.15, -0.1) is 12.4 Å². The van der Waals surface area contributed by atoms with Crippen LogP contribution < -0.4 is 10.6 Å². The molecule has 1 aliphatic carbocycles. The van der Waals surface area contributed by atoms with Gasteiger partial charge in [-0.1, -0.05) is 39.0 Å². The third-order valence-electron chi connectivity index (χ3n) is 4.08. The monoisotopic (exact) mass is 290 g/mol. The number of nitrogens with one attached hydrogen (secondary N) is 2. The van der Waals surface area contributed by atoms with Crippen LogP contribution in [0.3, 0.4) is 0 Å². The number of hydrogen-bond acceptors (Lipinski definition) is 2. The molecule has 4 heteroatoms. The Morgan fingerprint density at radius 1 is 1.21 bits per heavy atom. The summed E-state index contributed by atoms with van der Waals surface area (Å²) in [6.45, 7) is 4.85. The Labute approximate surface area is 124 Å². The molecule has 0 bridgehead atoms. The van der Waals surface area contributed by atoms with E-state index in [2.05, 4.69) is 17.6 Å². The Balaban J connectivity index is 0.00000324. The molecule has 0 heterocycles. The van der Waals surface area contributed by atoms with Crippen molar-refractivity contribution in [2.24, 2.45) is 11.8 Å². The van der Waals surface area contributed by atoms with Gasteiger partial charge in [-0.05, 0) is 32.7 Å². The highest BCUT2D eigenvalue weighted by Gasteiger charge is 2.17. The first-order valence-electron chi connectivity index (χ1n) is 7.58. The van der Waals surface area contributed by atoms with Crippen LogP contribution in [-0.4, -0.2) is 25.5 Å². The van der Waals surface area contributed by atoms with Gasteiger partial charge in [-0.25, -0.2) is 0 Å². The molecule has 0 aromatic rings. The van der Waals surface area contributed by atoms with Crippen LogP contribution in [0, 0.1) is 11.8 Å². The average Bonchev–Trinajstić information content (AvgIpc) is 2.38. The van der Waals surface area contributed by atoms with Gasteiger partial charge in [0.2, 0.25) is 5.91 Å². The second-order valence-electron chi connectivity index (χ2n) is 5.95. The third-order valence-corrected chi connectivity index (χ3v) is 4.08. The van der Waals surface area contributed by atoms with E-state index >= 15 is 0 Å². The predicted octanol–water partition coefficient (Wildman–Crippen LogP) is 3.13. The number of hydrogen-bond donors (Lipinski definition) is 2. The van der Waals surface area contributed by atoms with Crippen LogP contribution in [0.5, 0.6) is 0 Å². The van der Waals surface area contributed by atoms with Crippen LogP contribution in [0.2, 0.25) is 0 Å². The number of amides is 1. The van der Waals surface area contributed by atoms with Crippen molar-refractivity contribution in [1.29, 1.82) is 0 Å². The highest BCUT2D eigenvalue weighted by Crippen LogP contribution is 2.27. The molecule has 0 spiro atoms. The van der Waals surface area contributed by atoms with E-state index in [0.717, 1.165) is 18.9 Å². The molecule has 0 saturated heterocycles. The van der Waals surface area contributed by atoms with Crippen LogP contribution in [0.25, 0.3) is 0 Å². The fraction of sp³-hybridized carbons (Fsp3) is 0.933. The van der Waals surface area contributed by atoms with E-state index in [1.165, 1.54) is 38.5 Å². The van der Waals surface area contributed by atoms with E-state index in [1.54, 1.807) is 0 Å². The zero-order chi connectivity index (χ0) is 13.4. The molecule has 1 rings (SSSR count). The zero-order valence-electron chi connectivity index (χ0n) is 12.7. The van der Waals surface area contributed by atoms with Crippen molar-refractivity contribution in [2.45, 2.75) is 64.8 Å². The van der Waals surface area contributed by atoms with Crippen molar-refractivity contribution in [3.05, 3.63) is 0 Å². The zero-order valence-corrected chi connectivity index (χ0v) is 13.5. The molecule has 1 aliphatic rings. The van der Waals surface area contributed by atoms with Crippen LogP contribution >= 0.6 is 12.4 Å². The molecular weight excluding hydrogens is 260 g/mol. The minimum absolute atomic E-state index is 0. The molecule has 1 saturated carbocycles. The van der Waals surface area contributed by atoms with Crippen molar-refractivity contribution in [2.75, 3.05) is 13.6 Å². The lowest BCUT2D eigenvalue weighted by Gasteiger charge is -2.24. The summed E-state index contributed by atoms with van der Waals surface area (Å²) in [5.41, 5.74) is 0. The minimum Gasteiger partial charge on any atom is -0.353 e. The van der Waals surface area contributed by atoms with Gasteiger partial charge in [-0.2, -0.15) is 0 Å². The first kappa shape index (κ1) is 18.7. The molecule has 0 aromatic heterocycles. The number of carbonyl (C=O) groups is 1. The molecule has 1 fully saturated rings. The van der Waals surface area contributed by atoms with Crippen molar-refractivity contribution in [3.63, 3.8) is 0 Å². The molecule has 2 unspecified atom stereocenters. The first-order valence-corrected chi connectivity index (χ1v) is 7.58. The van der Waals surface area contributed by atoms with E-state index in [-0.39, 0.29) is 24.2 Å². The average molecular weight is 291 g/mol. The highest BCUT2D eigenvalue weighted by atomic mass is 35.5. The maximum absolute atomic E-state index is 11.8. The van der Waals surface area contributed by atoms with E-state index in [0.29, 0.717) is 6.04 Å². The molecule has 114 valence electrons. The number of rotatable bonds is 7. The lowest BCUT2D eigenvalue weighted by atomic mass is 9.85. The molecular formula is C15H31ClN2O. The number of halogens is 1. The summed E-state index contributed by atoms with van der Waals surface area (Å²) in [5.74, 6) is 1.15. The van der Waals surface area contributed by atoms with Crippen molar-refractivity contribution in [1.82, 2.24) is 10.6 Å². The van der Waals surface area contributed by atoms with Gasteiger partial charge in [0.15, 0.2) is 0 Å². The van der Waals surface area contributed by atoms with Crippen LogP contribution in [-0.2, 0) is 4.79 Å². The van der Waals surface area contributed by atoms with Gasteiger partial charge in [0.05, 0.1) is 0 Å². The smallest absolute Gasteiger partial charge is 0.224 e. The SMILES string of the molecule is CNCC(C)C(=O)NC(C)CCC1CCCCC1.Cl. The summed E-state index contributed by atoms with van der Waals surface area (Å²) in [6, 6.07) is 0.318. The second-order valence-corrected chi connectivity index (χ2v) is 5.95. The normalized spacial score (nSPS) is 19.3. The second kappa shape index (κ2) is 10.5. The Hall–Kier alpha value is -0.280. The summed E-state index contributed by atoms with van der Waals surface area (Å²) >= 11 is 0. The van der Waals surface area contributed by atoms with Crippen LogP contribution in [0.4, 0.5) is 0 Å². The van der Waals surface area contributed by atoms with Crippen molar-refractivity contribution >= 4 is 18.3 Å². The number of carbonyl (C=O) groups excluding carboxylic acids is 1. The predicted molar refractivity (Wildman–Crippen MR) is 83.8 cm³/mol. The molecule has 1 amide bonds. The highest BCUT2D eigenvalue weighted by molar-refractivity contribution is 5.85. The van der Waals surface area contributed by atoms with E-state index in [9.17, 15) is 4.79 Å². The molecule has 2 N–H and O–H groups in total. The maximum atomic E-state index is 11.8. The Morgan fingerprint density at radius 2 is 1.84 bits per heavy atom. The maximum Gasteiger partial charge on any atom is 0.224 e. The fourth-order valence-corrected chi connectivity index (χ4v) is 2.82. The minimum atomic E-state index is 0. The Bertz CT molecular complexity index is 242. The fourth-order valence-electron chi connectivity index (χ4n) is 2.82. The van der Waals surface area contributed by atoms with E-state index < -0.39 is 0 Å². The molecule has 2 atom stereocenters. The van der Waals surface area contributed by atoms with E-state index in [1.807, 2.05) is 14.0 Å². The van der Waals surface area contributed by atoms with Gasteiger partial charge in [0, 0.05) is 18.5 Å². The van der Waals surface area contributed by atoms with E-state index in [4.69, 9.17) is 0 Å². The van der Waals surface area contributed by atoms with Crippen molar-refractivity contribution < 1.29 is 4.79 Å².